The van der Waals surface area contributed by atoms with E-state index in [1.165, 1.54) is 180 Å². The first kappa shape index (κ1) is 62.1. The molecule has 0 saturated carbocycles. The van der Waals surface area contributed by atoms with Crippen molar-refractivity contribution in [1.29, 1.82) is 0 Å². The van der Waals surface area contributed by atoms with E-state index >= 15 is 0 Å². The zero-order chi connectivity index (χ0) is 47.2. The van der Waals surface area contributed by atoms with Crippen molar-refractivity contribution < 1.29 is 28.6 Å². The van der Waals surface area contributed by atoms with Gasteiger partial charge in [0.15, 0.2) is 6.10 Å². The lowest BCUT2D eigenvalue weighted by molar-refractivity contribution is -0.166. The highest BCUT2D eigenvalue weighted by molar-refractivity contribution is 5.72. The van der Waals surface area contributed by atoms with Gasteiger partial charge in [0.05, 0.1) is 6.42 Å². The molecule has 376 valence electrons. The van der Waals surface area contributed by atoms with E-state index in [-0.39, 0.29) is 31.6 Å². The van der Waals surface area contributed by atoms with Gasteiger partial charge in [-0.2, -0.15) is 0 Å². The van der Waals surface area contributed by atoms with E-state index in [1.54, 1.807) is 6.08 Å². The number of carbonyl (C=O) groups is 3. The quantitative estimate of drug-likeness (QED) is 0.0199. The summed E-state index contributed by atoms with van der Waals surface area (Å²) < 4.78 is 16.7. The molecular weight excluding hydrogens is 805 g/mol. The molecule has 65 heavy (non-hydrogen) atoms. The highest BCUT2D eigenvalue weighted by atomic mass is 16.6. The number of esters is 3. The Morgan fingerprint density at radius 3 is 1.14 bits per heavy atom. The van der Waals surface area contributed by atoms with E-state index < -0.39 is 12.1 Å². The first-order valence-electron chi connectivity index (χ1n) is 27.8. The lowest BCUT2D eigenvalue weighted by Crippen LogP contribution is -2.30. The van der Waals surface area contributed by atoms with Crippen LogP contribution in [0.1, 0.15) is 278 Å². The van der Waals surface area contributed by atoms with Crippen LogP contribution in [-0.2, 0) is 28.6 Å². The molecule has 0 N–H and O–H groups in total. The molecule has 0 saturated heterocycles. The van der Waals surface area contributed by atoms with Gasteiger partial charge in [-0.1, -0.05) is 261 Å². The van der Waals surface area contributed by atoms with E-state index in [0.29, 0.717) is 12.8 Å². The Bertz CT molecular complexity index is 1180. The number of rotatable bonds is 50. The molecule has 1 atom stereocenters. The van der Waals surface area contributed by atoms with E-state index in [9.17, 15) is 14.4 Å². The van der Waals surface area contributed by atoms with Crippen molar-refractivity contribution in [2.24, 2.45) is 0 Å². The van der Waals surface area contributed by atoms with Crippen LogP contribution in [0.15, 0.2) is 60.8 Å². The van der Waals surface area contributed by atoms with Gasteiger partial charge in [0, 0.05) is 12.8 Å². The SMILES string of the molecule is CC/C=C\C/C=C\C/C=C\CC(=O)OCC(COC(=O)CCCCCCCCCCCC/C=C\C=C/CCCCC)OC(=O)CCCCCCCCCCCCCCCCCCCCC. The molecular formula is C59H104O6. The smallest absolute Gasteiger partial charge is 0.309 e. The fourth-order valence-electron chi connectivity index (χ4n) is 7.91. The van der Waals surface area contributed by atoms with Crippen LogP contribution in [0.25, 0.3) is 0 Å². The van der Waals surface area contributed by atoms with Gasteiger partial charge in [-0.3, -0.25) is 14.4 Å². The van der Waals surface area contributed by atoms with E-state index in [0.717, 1.165) is 57.8 Å². The Hall–Kier alpha value is -2.89. The molecule has 0 fully saturated rings. The maximum absolute atomic E-state index is 12.8. The topological polar surface area (TPSA) is 78.9 Å². The second-order valence-electron chi connectivity index (χ2n) is 18.5. The first-order valence-corrected chi connectivity index (χ1v) is 27.8. The van der Waals surface area contributed by atoms with Gasteiger partial charge in [-0.05, 0) is 57.8 Å². The molecule has 0 bridgehead atoms. The van der Waals surface area contributed by atoms with Gasteiger partial charge in [0.25, 0.3) is 0 Å². The van der Waals surface area contributed by atoms with Crippen LogP contribution in [0.2, 0.25) is 0 Å². The maximum atomic E-state index is 12.8. The van der Waals surface area contributed by atoms with Crippen molar-refractivity contribution in [3.63, 3.8) is 0 Å². The summed E-state index contributed by atoms with van der Waals surface area (Å²) in [5, 5.41) is 0. The molecule has 0 heterocycles. The van der Waals surface area contributed by atoms with Gasteiger partial charge in [0.1, 0.15) is 13.2 Å². The number of unbranched alkanes of at least 4 members (excludes halogenated alkanes) is 31. The fraction of sp³-hybridized carbons (Fsp3) is 0.780. The number of ether oxygens (including phenoxy) is 3. The van der Waals surface area contributed by atoms with Gasteiger partial charge >= 0.3 is 17.9 Å². The van der Waals surface area contributed by atoms with Gasteiger partial charge < -0.3 is 14.2 Å². The summed E-state index contributed by atoms with van der Waals surface area (Å²) in [5.74, 6) is -1.02. The lowest BCUT2D eigenvalue weighted by atomic mass is 10.0. The van der Waals surface area contributed by atoms with Crippen molar-refractivity contribution in [2.45, 2.75) is 284 Å². The third-order valence-electron chi connectivity index (χ3n) is 12.1. The Kier molecular flexibility index (Phi) is 51.3. The molecule has 0 aliphatic heterocycles. The van der Waals surface area contributed by atoms with Crippen molar-refractivity contribution in [3.05, 3.63) is 60.8 Å². The van der Waals surface area contributed by atoms with Gasteiger partial charge in [0.2, 0.25) is 0 Å². The zero-order valence-corrected chi connectivity index (χ0v) is 43.0. The van der Waals surface area contributed by atoms with Crippen LogP contribution in [-0.4, -0.2) is 37.2 Å². The van der Waals surface area contributed by atoms with E-state index in [1.807, 2.05) is 6.08 Å². The maximum Gasteiger partial charge on any atom is 0.309 e. The Balaban J connectivity index is 4.29. The third-order valence-corrected chi connectivity index (χ3v) is 12.1. The second-order valence-corrected chi connectivity index (χ2v) is 18.5. The summed E-state index contributed by atoms with van der Waals surface area (Å²) in [6.07, 6.45) is 66.8. The summed E-state index contributed by atoms with van der Waals surface area (Å²) >= 11 is 0. The van der Waals surface area contributed by atoms with E-state index in [2.05, 4.69) is 69.4 Å². The molecule has 6 heteroatoms. The fourth-order valence-corrected chi connectivity index (χ4v) is 7.91. The van der Waals surface area contributed by atoms with Crippen molar-refractivity contribution in [3.8, 4) is 0 Å². The van der Waals surface area contributed by atoms with Crippen LogP contribution in [0.4, 0.5) is 0 Å². The zero-order valence-electron chi connectivity index (χ0n) is 43.0. The van der Waals surface area contributed by atoms with Crippen LogP contribution >= 0.6 is 0 Å². The predicted octanol–water partition coefficient (Wildman–Crippen LogP) is 18.4. The van der Waals surface area contributed by atoms with Gasteiger partial charge in [-0.15, -0.1) is 0 Å². The van der Waals surface area contributed by atoms with Crippen LogP contribution in [0, 0.1) is 0 Å². The minimum atomic E-state index is -0.808. The Morgan fingerprint density at radius 1 is 0.354 bits per heavy atom. The Morgan fingerprint density at radius 2 is 0.692 bits per heavy atom. The molecule has 0 aliphatic carbocycles. The minimum Gasteiger partial charge on any atom is -0.462 e. The molecule has 0 rings (SSSR count). The molecule has 0 aromatic rings. The lowest BCUT2D eigenvalue weighted by Gasteiger charge is -2.18. The predicted molar refractivity (Wildman–Crippen MR) is 279 cm³/mol. The number of hydrogen-bond acceptors (Lipinski definition) is 6. The summed E-state index contributed by atoms with van der Waals surface area (Å²) in [6, 6.07) is 0. The molecule has 0 aliphatic rings. The van der Waals surface area contributed by atoms with Crippen molar-refractivity contribution in [1.82, 2.24) is 0 Å². The minimum absolute atomic E-state index is 0.101. The third kappa shape index (κ3) is 51.9. The standard InChI is InChI=1S/C59H104O6/c1-4-7-10-13-16-19-21-23-25-27-29-31-33-35-37-40-43-46-49-52-58(61)64-55-56(54-63-57(60)51-48-45-42-39-18-15-12-9-6-3)65-59(62)53-50-47-44-41-38-36-34-32-30-28-26-24-22-20-17-14-11-8-5-2/h9,12,16,18-19,21,23,39,45,48,56H,4-8,10-11,13-15,17,20,22,24-38,40-44,46-47,49-55H2,1-3H3/b12-9-,19-16-,23-21-,39-18-,48-45-. The van der Waals surface area contributed by atoms with E-state index in [4.69, 9.17) is 14.2 Å². The molecule has 0 aromatic carbocycles. The van der Waals surface area contributed by atoms with Crippen LogP contribution in [0.3, 0.4) is 0 Å². The van der Waals surface area contributed by atoms with Crippen LogP contribution in [0.5, 0.6) is 0 Å². The number of carbonyl (C=O) groups excluding carboxylic acids is 3. The molecule has 6 nitrogen and oxygen atoms in total. The number of allylic oxidation sites excluding steroid dienone is 9. The summed E-state index contributed by atoms with van der Waals surface area (Å²) in [7, 11) is 0. The molecule has 1 unspecified atom stereocenters. The Labute approximate surface area is 402 Å². The highest BCUT2D eigenvalue weighted by Crippen LogP contribution is 2.16. The first-order chi connectivity index (χ1) is 32.0. The molecule has 0 aromatic heterocycles. The highest BCUT2D eigenvalue weighted by Gasteiger charge is 2.19. The van der Waals surface area contributed by atoms with Gasteiger partial charge in [-0.25, -0.2) is 0 Å². The van der Waals surface area contributed by atoms with Crippen LogP contribution < -0.4 is 0 Å². The summed E-state index contributed by atoms with van der Waals surface area (Å²) in [5.41, 5.74) is 0. The second kappa shape index (κ2) is 53.7. The normalized spacial score (nSPS) is 12.5. The average molecular weight is 909 g/mol. The average Bonchev–Trinajstić information content (AvgIpc) is 3.30. The van der Waals surface area contributed by atoms with Crippen molar-refractivity contribution >= 4 is 17.9 Å². The number of hydrogen-bond donors (Lipinski definition) is 0. The molecule has 0 radical (unpaired) electrons. The van der Waals surface area contributed by atoms with Crippen molar-refractivity contribution in [2.75, 3.05) is 13.2 Å². The molecule has 0 amide bonds. The monoisotopic (exact) mass is 909 g/mol. The summed E-state index contributed by atoms with van der Waals surface area (Å²) in [6.45, 7) is 6.42. The largest absolute Gasteiger partial charge is 0.462 e. The summed E-state index contributed by atoms with van der Waals surface area (Å²) in [4.78, 5) is 37.9. The molecule has 0 spiro atoms.